The van der Waals surface area contributed by atoms with E-state index >= 15 is 0 Å². The Bertz CT molecular complexity index is 2380. The average Bonchev–Trinajstić information content (AvgIpc) is 3.60. The highest BCUT2D eigenvalue weighted by atomic mass is 32.1. The molecular weight excluding hydrogens is 579 g/mol. The molecule has 46 heavy (non-hydrogen) atoms. The second-order valence-corrected chi connectivity index (χ2v) is 13.5. The van der Waals surface area contributed by atoms with Gasteiger partial charge in [-0.25, -0.2) is 15.0 Å². The molecular formula is C42H29N3S. The Morgan fingerprint density at radius 1 is 0.457 bits per heavy atom. The zero-order valence-corrected chi connectivity index (χ0v) is 26.3. The second kappa shape index (κ2) is 10.3. The molecule has 0 spiro atoms. The summed E-state index contributed by atoms with van der Waals surface area (Å²) < 4.78 is 2.44. The first-order valence-corrected chi connectivity index (χ1v) is 16.4. The number of thiophene rings is 1. The van der Waals surface area contributed by atoms with E-state index in [0.29, 0.717) is 17.5 Å². The molecule has 4 heteroatoms. The van der Waals surface area contributed by atoms with Gasteiger partial charge in [0.1, 0.15) is 0 Å². The largest absolute Gasteiger partial charge is 0.208 e. The van der Waals surface area contributed by atoms with E-state index in [2.05, 4.69) is 117 Å². The monoisotopic (exact) mass is 607 g/mol. The Labute approximate surface area is 271 Å². The molecule has 2 heterocycles. The van der Waals surface area contributed by atoms with Gasteiger partial charge in [0.25, 0.3) is 0 Å². The number of hydrogen-bond donors (Lipinski definition) is 0. The predicted molar refractivity (Wildman–Crippen MR) is 192 cm³/mol. The first kappa shape index (κ1) is 26.9. The van der Waals surface area contributed by atoms with Gasteiger partial charge < -0.3 is 0 Å². The molecule has 6 aromatic carbocycles. The lowest BCUT2D eigenvalue weighted by Gasteiger charge is -2.22. The van der Waals surface area contributed by atoms with Crippen LogP contribution in [-0.4, -0.2) is 15.0 Å². The standard InChI is InChI=1S/C42H29N3S/c1-42(2)34-19-11-9-17-30(34)31-22-21-28(25-35(31)42)29-23-24-33-32-18-10-12-20-36(32)46-38(33)37(29)41-44-39(26-13-5-3-6-14-26)43-40(45-41)27-15-7-4-8-16-27/h3-25H,1-2H3. The summed E-state index contributed by atoms with van der Waals surface area (Å²) in [7, 11) is 0. The summed E-state index contributed by atoms with van der Waals surface area (Å²) in [6.07, 6.45) is 0. The van der Waals surface area contributed by atoms with Gasteiger partial charge in [-0.05, 0) is 45.5 Å². The van der Waals surface area contributed by atoms with Crippen molar-refractivity contribution in [1.82, 2.24) is 15.0 Å². The van der Waals surface area contributed by atoms with Crippen molar-refractivity contribution in [2.45, 2.75) is 19.3 Å². The Hall–Kier alpha value is -5.45. The van der Waals surface area contributed by atoms with Crippen LogP contribution in [0, 0.1) is 0 Å². The van der Waals surface area contributed by atoms with E-state index < -0.39 is 0 Å². The lowest BCUT2D eigenvalue weighted by Crippen LogP contribution is -2.14. The molecule has 8 aromatic rings. The van der Waals surface area contributed by atoms with Crippen molar-refractivity contribution in [3.8, 4) is 56.4 Å². The van der Waals surface area contributed by atoms with E-state index in [1.807, 2.05) is 47.7 Å². The zero-order valence-electron chi connectivity index (χ0n) is 25.5. The molecule has 0 fully saturated rings. The molecule has 218 valence electrons. The maximum absolute atomic E-state index is 5.22. The molecule has 3 nitrogen and oxygen atoms in total. The zero-order chi connectivity index (χ0) is 30.8. The van der Waals surface area contributed by atoms with E-state index in [0.717, 1.165) is 27.8 Å². The van der Waals surface area contributed by atoms with Gasteiger partial charge in [-0.2, -0.15) is 0 Å². The van der Waals surface area contributed by atoms with Gasteiger partial charge in [-0.1, -0.05) is 141 Å². The van der Waals surface area contributed by atoms with Crippen molar-refractivity contribution >= 4 is 31.5 Å². The summed E-state index contributed by atoms with van der Waals surface area (Å²) in [5, 5.41) is 2.47. The minimum Gasteiger partial charge on any atom is -0.208 e. The van der Waals surface area contributed by atoms with Crippen LogP contribution >= 0.6 is 11.3 Å². The first-order chi connectivity index (χ1) is 22.6. The summed E-state index contributed by atoms with van der Waals surface area (Å²) in [6, 6.07) is 49.4. The van der Waals surface area contributed by atoms with Crippen molar-refractivity contribution in [1.29, 1.82) is 0 Å². The van der Waals surface area contributed by atoms with Crippen molar-refractivity contribution in [2.75, 3.05) is 0 Å². The molecule has 0 bridgehead atoms. The van der Waals surface area contributed by atoms with Crippen LogP contribution in [0.4, 0.5) is 0 Å². The minimum absolute atomic E-state index is 0.0993. The third-order valence-corrected chi connectivity index (χ3v) is 10.6. The molecule has 0 radical (unpaired) electrons. The van der Waals surface area contributed by atoms with Crippen LogP contribution in [0.3, 0.4) is 0 Å². The highest BCUT2D eigenvalue weighted by molar-refractivity contribution is 7.26. The van der Waals surface area contributed by atoms with E-state index in [-0.39, 0.29) is 5.41 Å². The van der Waals surface area contributed by atoms with Crippen molar-refractivity contribution in [2.24, 2.45) is 0 Å². The van der Waals surface area contributed by atoms with Crippen LogP contribution in [0.25, 0.3) is 76.6 Å². The van der Waals surface area contributed by atoms with E-state index in [9.17, 15) is 0 Å². The van der Waals surface area contributed by atoms with E-state index in [1.165, 1.54) is 42.4 Å². The smallest absolute Gasteiger partial charge is 0.166 e. The van der Waals surface area contributed by atoms with Gasteiger partial charge in [0.15, 0.2) is 17.5 Å². The summed E-state index contributed by atoms with van der Waals surface area (Å²) in [6.45, 7) is 4.67. The molecule has 0 saturated heterocycles. The second-order valence-electron chi connectivity index (χ2n) is 12.4. The van der Waals surface area contributed by atoms with Crippen LogP contribution in [-0.2, 0) is 5.41 Å². The normalized spacial score (nSPS) is 13.2. The van der Waals surface area contributed by atoms with Gasteiger partial charge in [0.05, 0.1) is 0 Å². The Morgan fingerprint density at radius 2 is 1.04 bits per heavy atom. The summed E-state index contributed by atoms with van der Waals surface area (Å²) in [5.74, 6) is 2.01. The summed E-state index contributed by atoms with van der Waals surface area (Å²) in [4.78, 5) is 15.4. The molecule has 0 atom stereocenters. The Morgan fingerprint density at radius 3 is 1.78 bits per heavy atom. The summed E-state index contributed by atoms with van der Waals surface area (Å²) >= 11 is 1.81. The van der Waals surface area contributed by atoms with Crippen LogP contribution in [0.15, 0.2) is 140 Å². The fourth-order valence-electron chi connectivity index (χ4n) is 7.04. The van der Waals surface area contributed by atoms with Crippen molar-refractivity contribution in [3.05, 3.63) is 151 Å². The Balaban J connectivity index is 1.35. The van der Waals surface area contributed by atoms with Crippen molar-refractivity contribution < 1.29 is 0 Å². The van der Waals surface area contributed by atoms with Gasteiger partial charge in [-0.15, -0.1) is 11.3 Å². The molecule has 9 rings (SSSR count). The van der Waals surface area contributed by atoms with Gasteiger partial charge in [0.2, 0.25) is 0 Å². The third-order valence-electron chi connectivity index (χ3n) is 9.36. The lowest BCUT2D eigenvalue weighted by molar-refractivity contribution is 0.660. The van der Waals surface area contributed by atoms with Crippen molar-refractivity contribution in [3.63, 3.8) is 0 Å². The quantitative estimate of drug-likeness (QED) is 0.200. The van der Waals surface area contributed by atoms with E-state index in [4.69, 9.17) is 15.0 Å². The number of rotatable bonds is 4. The minimum atomic E-state index is -0.0993. The predicted octanol–water partition coefficient (Wildman–Crippen LogP) is 11.2. The van der Waals surface area contributed by atoms with Crippen LogP contribution in [0.1, 0.15) is 25.0 Å². The molecule has 0 unspecified atom stereocenters. The molecule has 2 aromatic heterocycles. The summed E-state index contributed by atoms with van der Waals surface area (Å²) in [5.41, 5.74) is 10.5. The first-order valence-electron chi connectivity index (χ1n) is 15.6. The number of benzene rings is 6. The number of aromatic nitrogens is 3. The fraction of sp³-hybridized carbons (Fsp3) is 0.0714. The van der Waals surface area contributed by atoms with Crippen LogP contribution in [0.2, 0.25) is 0 Å². The SMILES string of the molecule is CC1(C)c2ccccc2-c2ccc(-c3ccc4c(sc5ccccc54)c3-c3nc(-c4ccccc4)nc(-c4ccccc4)n3)cc21. The molecule has 0 amide bonds. The van der Waals surface area contributed by atoms with Crippen LogP contribution in [0.5, 0.6) is 0 Å². The molecule has 0 aliphatic heterocycles. The number of nitrogens with zero attached hydrogens (tertiary/aromatic N) is 3. The number of fused-ring (bicyclic) bond motifs is 6. The van der Waals surface area contributed by atoms with Gasteiger partial charge >= 0.3 is 0 Å². The topological polar surface area (TPSA) is 38.7 Å². The lowest BCUT2D eigenvalue weighted by atomic mass is 9.81. The molecule has 1 aliphatic rings. The highest BCUT2D eigenvalue weighted by Gasteiger charge is 2.35. The molecule has 1 aliphatic carbocycles. The van der Waals surface area contributed by atoms with E-state index in [1.54, 1.807) is 0 Å². The van der Waals surface area contributed by atoms with Gasteiger partial charge in [-0.3, -0.25) is 0 Å². The average molecular weight is 608 g/mol. The maximum Gasteiger partial charge on any atom is 0.166 e. The van der Waals surface area contributed by atoms with Gasteiger partial charge in [0, 0.05) is 42.3 Å². The van der Waals surface area contributed by atoms with Crippen LogP contribution < -0.4 is 0 Å². The maximum atomic E-state index is 5.22. The molecule has 0 saturated carbocycles. The highest BCUT2D eigenvalue weighted by Crippen LogP contribution is 2.51. The fourth-order valence-corrected chi connectivity index (χ4v) is 8.29. The number of hydrogen-bond acceptors (Lipinski definition) is 4. The molecule has 0 N–H and O–H groups in total. The Kier molecular flexibility index (Phi) is 6.02. The third kappa shape index (κ3) is 4.14.